The van der Waals surface area contributed by atoms with Crippen LogP contribution in [0.3, 0.4) is 0 Å². The van der Waals surface area contributed by atoms with E-state index >= 15 is 0 Å². The molecule has 2 aromatic rings. The van der Waals surface area contributed by atoms with Gasteiger partial charge in [-0.05, 0) is 19.1 Å². The van der Waals surface area contributed by atoms with E-state index in [0.29, 0.717) is 41.6 Å². The highest BCUT2D eigenvalue weighted by Crippen LogP contribution is 2.27. The van der Waals surface area contributed by atoms with Crippen LogP contribution in [0.15, 0.2) is 12.1 Å². The number of carbonyl (C=O) groups is 2. The molecular weight excluding hydrogens is 382 g/mol. The van der Waals surface area contributed by atoms with Crippen molar-refractivity contribution in [1.29, 1.82) is 0 Å². The third kappa shape index (κ3) is 4.80. The van der Waals surface area contributed by atoms with Gasteiger partial charge in [-0.25, -0.2) is 14.5 Å². The molecule has 156 valence electrons. The first-order valence-electron chi connectivity index (χ1n) is 9.07. The normalized spacial score (nSPS) is 18.9. The lowest BCUT2D eigenvalue weighted by molar-refractivity contribution is -0.149. The Morgan fingerprint density at radius 2 is 2.17 bits per heavy atom. The first-order valence-corrected chi connectivity index (χ1v) is 9.07. The van der Waals surface area contributed by atoms with Crippen molar-refractivity contribution in [3.8, 4) is 17.1 Å². The number of carbonyl (C=O) groups excluding carboxylic acids is 1. The maximum Gasteiger partial charge on any atom is 0.407 e. The van der Waals surface area contributed by atoms with Gasteiger partial charge in [0.25, 0.3) is 0 Å². The Morgan fingerprint density at radius 1 is 1.38 bits per heavy atom. The van der Waals surface area contributed by atoms with Gasteiger partial charge >= 0.3 is 12.1 Å². The summed E-state index contributed by atoms with van der Waals surface area (Å²) in [6.07, 6.45) is -0.537. The van der Waals surface area contributed by atoms with Gasteiger partial charge in [-0.2, -0.15) is 0 Å². The summed E-state index contributed by atoms with van der Waals surface area (Å²) in [6, 6.07) is 3.48. The minimum absolute atomic E-state index is 0.00647. The van der Waals surface area contributed by atoms with Gasteiger partial charge in [0.05, 0.1) is 30.5 Å². The lowest BCUT2D eigenvalue weighted by Crippen LogP contribution is -2.37. The monoisotopic (exact) mass is 405 g/mol. The van der Waals surface area contributed by atoms with Crippen molar-refractivity contribution in [1.82, 2.24) is 25.3 Å². The lowest BCUT2D eigenvalue weighted by atomic mass is 10.0. The Bertz CT molecular complexity index is 899. The molecule has 1 fully saturated rings. The Hall–Kier alpha value is -3.21. The van der Waals surface area contributed by atoms with Crippen molar-refractivity contribution in [2.75, 3.05) is 20.3 Å². The van der Waals surface area contributed by atoms with Gasteiger partial charge in [-0.3, -0.25) is 4.79 Å². The van der Waals surface area contributed by atoms with E-state index in [4.69, 9.17) is 19.3 Å². The molecule has 3 heterocycles. The van der Waals surface area contributed by atoms with Gasteiger partial charge in [0.2, 0.25) is 0 Å². The number of rotatable bonds is 6. The van der Waals surface area contributed by atoms with E-state index in [9.17, 15) is 9.59 Å². The topological polar surface area (TPSA) is 138 Å². The summed E-state index contributed by atoms with van der Waals surface area (Å²) in [5.41, 5.74) is 2.27. The Labute approximate surface area is 167 Å². The van der Waals surface area contributed by atoms with E-state index in [1.807, 2.05) is 0 Å². The summed E-state index contributed by atoms with van der Waals surface area (Å²) in [4.78, 5) is 27.1. The standard InChI is InChI=1S/C18H23N5O6/c1-10-15(29-12-6-11(17(24)25)7-27-8-12)5-4-13(20-10)16-14(23(3)22-21-16)9-28-18(26)19-2/h4-5,11-12H,6-9H2,1-3H3,(H,19,26)(H,24,25)/t11?,12-/m0/s1. The average Bonchev–Trinajstić information content (AvgIpc) is 3.08. The third-order valence-corrected chi connectivity index (χ3v) is 4.58. The molecule has 0 aromatic carbocycles. The second-order valence-corrected chi connectivity index (χ2v) is 6.66. The predicted molar refractivity (Wildman–Crippen MR) is 99.2 cm³/mol. The molecule has 0 aliphatic carbocycles. The Morgan fingerprint density at radius 3 is 2.86 bits per heavy atom. The van der Waals surface area contributed by atoms with E-state index in [1.165, 1.54) is 11.7 Å². The average molecular weight is 405 g/mol. The van der Waals surface area contributed by atoms with Crippen LogP contribution in [0.4, 0.5) is 4.79 Å². The van der Waals surface area contributed by atoms with Crippen LogP contribution < -0.4 is 10.1 Å². The summed E-state index contributed by atoms with van der Waals surface area (Å²) >= 11 is 0. The predicted octanol–water partition coefficient (Wildman–Crippen LogP) is 0.910. The van der Waals surface area contributed by atoms with Gasteiger partial charge in [0, 0.05) is 20.5 Å². The van der Waals surface area contributed by atoms with Crippen molar-refractivity contribution >= 4 is 12.1 Å². The minimum atomic E-state index is -0.891. The van der Waals surface area contributed by atoms with Gasteiger partial charge in [0.15, 0.2) is 0 Å². The Kier molecular flexibility index (Phi) is 6.27. The molecule has 1 unspecified atom stereocenters. The highest BCUT2D eigenvalue weighted by atomic mass is 16.5. The van der Waals surface area contributed by atoms with E-state index in [1.54, 1.807) is 26.1 Å². The summed E-state index contributed by atoms with van der Waals surface area (Å²) in [7, 11) is 3.18. The highest BCUT2D eigenvalue weighted by Gasteiger charge is 2.29. The second kappa shape index (κ2) is 8.86. The highest BCUT2D eigenvalue weighted by molar-refractivity contribution is 5.70. The van der Waals surface area contributed by atoms with Gasteiger partial charge in [-0.15, -0.1) is 5.10 Å². The summed E-state index contributed by atoms with van der Waals surface area (Å²) < 4.78 is 17.9. The SMILES string of the molecule is CNC(=O)OCc1c(-c2ccc(O[C@@H]3COCC(C(=O)O)C3)c(C)n2)nnn1C. The number of nitrogens with zero attached hydrogens (tertiary/aromatic N) is 4. The number of amides is 1. The van der Waals surface area contributed by atoms with E-state index in [-0.39, 0.29) is 19.3 Å². The quantitative estimate of drug-likeness (QED) is 0.718. The molecule has 1 aliphatic heterocycles. The van der Waals surface area contributed by atoms with E-state index in [2.05, 4.69) is 20.6 Å². The van der Waals surface area contributed by atoms with Gasteiger partial charge < -0.3 is 24.6 Å². The number of alkyl carbamates (subject to hydrolysis) is 1. The fraction of sp³-hybridized carbons (Fsp3) is 0.500. The van der Waals surface area contributed by atoms with Crippen molar-refractivity contribution < 1.29 is 28.9 Å². The molecule has 1 amide bonds. The number of hydrogen-bond acceptors (Lipinski definition) is 8. The molecule has 2 aromatic heterocycles. The van der Waals surface area contributed by atoms with Crippen molar-refractivity contribution in [3.05, 3.63) is 23.5 Å². The Balaban J connectivity index is 1.75. The summed E-state index contributed by atoms with van der Waals surface area (Å²) in [6.45, 7) is 2.30. The van der Waals surface area contributed by atoms with E-state index < -0.39 is 18.0 Å². The number of aromatic nitrogens is 4. The molecule has 0 saturated carbocycles. The van der Waals surface area contributed by atoms with Gasteiger partial charge in [0.1, 0.15) is 29.8 Å². The van der Waals surface area contributed by atoms with Gasteiger partial charge in [-0.1, -0.05) is 5.21 Å². The zero-order chi connectivity index (χ0) is 21.0. The first kappa shape index (κ1) is 20.5. The molecule has 0 spiro atoms. The second-order valence-electron chi connectivity index (χ2n) is 6.66. The number of ether oxygens (including phenoxy) is 3. The molecule has 29 heavy (non-hydrogen) atoms. The smallest absolute Gasteiger partial charge is 0.407 e. The number of aryl methyl sites for hydroxylation is 2. The zero-order valence-electron chi connectivity index (χ0n) is 16.4. The number of hydrogen-bond donors (Lipinski definition) is 2. The largest absolute Gasteiger partial charge is 0.486 e. The molecule has 2 N–H and O–H groups in total. The van der Waals surface area contributed by atoms with Crippen LogP contribution in [0, 0.1) is 12.8 Å². The molecule has 11 nitrogen and oxygen atoms in total. The van der Waals surface area contributed by atoms with Crippen LogP contribution in [-0.4, -0.2) is 63.5 Å². The summed E-state index contributed by atoms with van der Waals surface area (Å²) in [5.74, 6) is -0.929. The number of carboxylic acids is 1. The van der Waals surface area contributed by atoms with Crippen molar-refractivity contribution in [2.45, 2.75) is 26.1 Å². The van der Waals surface area contributed by atoms with E-state index in [0.717, 1.165) is 0 Å². The molecular formula is C18H23N5O6. The lowest BCUT2D eigenvalue weighted by Gasteiger charge is -2.27. The number of carboxylic acid groups (broad SMARTS) is 1. The fourth-order valence-corrected chi connectivity index (χ4v) is 2.98. The molecule has 2 atom stereocenters. The maximum atomic E-state index is 11.4. The van der Waals surface area contributed by atoms with Crippen LogP contribution in [0.5, 0.6) is 5.75 Å². The maximum absolute atomic E-state index is 11.4. The molecule has 0 radical (unpaired) electrons. The molecule has 1 aliphatic rings. The third-order valence-electron chi connectivity index (χ3n) is 4.58. The number of nitrogens with one attached hydrogen (secondary N) is 1. The van der Waals surface area contributed by atoms with Crippen LogP contribution in [0.2, 0.25) is 0 Å². The number of aliphatic carboxylic acids is 1. The minimum Gasteiger partial charge on any atom is -0.486 e. The molecule has 0 bridgehead atoms. The van der Waals surface area contributed by atoms with Crippen LogP contribution in [0.1, 0.15) is 17.8 Å². The fourth-order valence-electron chi connectivity index (χ4n) is 2.98. The first-order chi connectivity index (χ1) is 13.9. The molecule has 3 rings (SSSR count). The molecule has 11 heteroatoms. The van der Waals surface area contributed by atoms with Crippen molar-refractivity contribution in [2.24, 2.45) is 13.0 Å². The molecule has 1 saturated heterocycles. The number of pyridine rings is 1. The van der Waals surface area contributed by atoms with Crippen LogP contribution in [0.25, 0.3) is 11.4 Å². The summed E-state index contributed by atoms with van der Waals surface area (Å²) in [5, 5.41) is 19.6. The zero-order valence-corrected chi connectivity index (χ0v) is 16.4. The van der Waals surface area contributed by atoms with Crippen LogP contribution in [-0.2, 0) is 27.9 Å². The van der Waals surface area contributed by atoms with Crippen molar-refractivity contribution in [3.63, 3.8) is 0 Å². The van der Waals surface area contributed by atoms with Crippen LogP contribution >= 0.6 is 0 Å².